The fourth-order valence-corrected chi connectivity index (χ4v) is 3.00. The van der Waals surface area contributed by atoms with Gasteiger partial charge < -0.3 is 10.7 Å². The third kappa shape index (κ3) is 3.28. The van der Waals surface area contributed by atoms with Gasteiger partial charge in [-0.15, -0.1) is 0 Å². The number of fused-ring (bicyclic) bond motifs is 1. The predicted molar refractivity (Wildman–Crippen MR) is 91.6 cm³/mol. The molecule has 1 aromatic carbocycles. The van der Waals surface area contributed by atoms with E-state index in [9.17, 15) is 0 Å². The molecule has 1 unspecified atom stereocenters. The summed E-state index contributed by atoms with van der Waals surface area (Å²) in [6.07, 6.45) is 6.41. The number of nitrogens with zero attached hydrogens (tertiary/aromatic N) is 2. The van der Waals surface area contributed by atoms with E-state index >= 15 is 0 Å². The van der Waals surface area contributed by atoms with E-state index in [1.165, 1.54) is 30.3 Å². The van der Waals surface area contributed by atoms with Gasteiger partial charge in [0.2, 0.25) is 0 Å². The van der Waals surface area contributed by atoms with Crippen molar-refractivity contribution in [2.75, 3.05) is 19.3 Å². The van der Waals surface area contributed by atoms with Crippen molar-refractivity contribution in [3.63, 3.8) is 0 Å². The van der Waals surface area contributed by atoms with Crippen molar-refractivity contribution in [3.8, 4) is 0 Å². The Balaban J connectivity index is 0.000000133. The maximum absolute atomic E-state index is 5.54. The largest absolute Gasteiger partial charge is 0.385 e. The molecule has 114 valence electrons. The molecule has 22 heavy (non-hydrogen) atoms. The van der Waals surface area contributed by atoms with E-state index in [0.29, 0.717) is 6.04 Å². The smallest absolute Gasteiger partial charge is 0.101 e. The molecule has 0 aliphatic carbocycles. The number of hydrogen-bond acceptors (Lipinski definition) is 3. The molecule has 2 aromatic heterocycles. The number of nitrogens with one attached hydrogen (secondary N) is 1. The number of anilines is 1. The van der Waals surface area contributed by atoms with Crippen LogP contribution in [0, 0.1) is 0 Å². The summed E-state index contributed by atoms with van der Waals surface area (Å²) in [4.78, 5) is 9.57. The first-order chi connectivity index (χ1) is 10.7. The Bertz CT molecular complexity index is 687. The number of nitrogens with two attached hydrogens (primary N) is 1. The molecular weight excluding hydrogens is 272 g/mol. The summed E-state index contributed by atoms with van der Waals surface area (Å²) >= 11 is 0. The molecule has 3 heterocycles. The molecule has 0 radical (unpaired) electrons. The Kier molecular flexibility index (Phi) is 4.39. The minimum absolute atomic E-state index is 0.610. The highest BCUT2D eigenvalue weighted by molar-refractivity contribution is 5.82. The number of aromatic amines is 1. The second-order valence-electron chi connectivity index (χ2n) is 5.74. The monoisotopic (exact) mass is 294 g/mol. The first kappa shape index (κ1) is 14.6. The number of likely N-dealkylation sites (tertiary alicyclic amines) is 1. The van der Waals surface area contributed by atoms with E-state index in [2.05, 4.69) is 28.0 Å². The van der Waals surface area contributed by atoms with Gasteiger partial charge in [-0.1, -0.05) is 24.3 Å². The molecule has 0 amide bonds. The minimum atomic E-state index is 0.610. The van der Waals surface area contributed by atoms with Gasteiger partial charge in [0.25, 0.3) is 0 Å². The van der Waals surface area contributed by atoms with Crippen LogP contribution in [0.2, 0.25) is 0 Å². The van der Waals surface area contributed by atoms with Crippen LogP contribution in [0.5, 0.6) is 0 Å². The lowest BCUT2D eigenvalue weighted by atomic mass is 10.1. The van der Waals surface area contributed by atoms with Crippen molar-refractivity contribution in [2.45, 2.75) is 18.9 Å². The quantitative estimate of drug-likeness (QED) is 0.721. The van der Waals surface area contributed by atoms with E-state index in [1.807, 2.05) is 48.8 Å². The van der Waals surface area contributed by atoms with Crippen molar-refractivity contribution < 1.29 is 0 Å². The van der Waals surface area contributed by atoms with Gasteiger partial charge in [0, 0.05) is 29.3 Å². The standard InChI is InChI=1S/C10H14N2.C8H8N2/c1-12-7-3-5-10(12)9-4-2-6-11-8-9;9-8-5-6-3-1-2-4-7(6)10-8/h2,4,6,8,10H,3,5,7H2,1H3;1-5,10H,9H2. The molecule has 1 saturated heterocycles. The molecule has 4 heteroatoms. The zero-order valence-corrected chi connectivity index (χ0v) is 12.9. The topological polar surface area (TPSA) is 57.9 Å². The van der Waals surface area contributed by atoms with E-state index in [0.717, 1.165) is 11.3 Å². The van der Waals surface area contributed by atoms with Crippen molar-refractivity contribution >= 4 is 16.7 Å². The van der Waals surface area contributed by atoms with Crippen LogP contribution in [-0.4, -0.2) is 28.5 Å². The lowest BCUT2D eigenvalue weighted by molar-refractivity contribution is 0.317. The number of para-hydroxylation sites is 1. The molecular formula is C18H22N4. The van der Waals surface area contributed by atoms with Gasteiger partial charge in [0.1, 0.15) is 5.82 Å². The Morgan fingerprint density at radius 3 is 2.77 bits per heavy atom. The van der Waals surface area contributed by atoms with Crippen LogP contribution in [0.15, 0.2) is 54.9 Å². The van der Waals surface area contributed by atoms with Gasteiger partial charge in [-0.05, 0) is 50.2 Å². The number of H-pyrrole nitrogens is 1. The zero-order valence-electron chi connectivity index (χ0n) is 12.9. The Morgan fingerprint density at radius 1 is 1.23 bits per heavy atom. The maximum Gasteiger partial charge on any atom is 0.101 e. The van der Waals surface area contributed by atoms with Gasteiger partial charge in [-0.2, -0.15) is 0 Å². The molecule has 4 nitrogen and oxygen atoms in total. The Hall–Kier alpha value is -2.33. The van der Waals surface area contributed by atoms with Gasteiger partial charge in [0.15, 0.2) is 0 Å². The predicted octanol–water partition coefficient (Wildman–Crippen LogP) is 3.60. The van der Waals surface area contributed by atoms with Crippen LogP contribution < -0.4 is 5.73 Å². The molecule has 3 aromatic rings. The number of nitrogen functional groups attached to an aromatic ring is 1. The van der Waals surface area contributed by atoms with Crippen LogP contribution in [-0.2, 0) is 0 Å². The van der Waals surface area contributed by atoms with Gasteiger partial charge >= 0.3 is 0 Å². The zero-order chi connectivity index (χ0) is 15.4. The highest BCUT2D eigenvalue weighted by Gasteiger charge is 2.21. The number of rotatable bonds is 1. The minimum Gasteiger partial charge on any atom is -0.385 e. The molecule has 0 bridgehead atoms. The Labute approximate surface area is 131 Å². The van der Waals surface area contributed by atoms with Crippen molar-refractivity contribution in [1.82, 2.24) is 14.9 Å². The third-order valence-electron chi connectivity index (χ3n) is 4.14. The van der Waals surface area contributed by atoms with Crippen LogP contribution in [0.1, 0.15) is 24.4 Å². The van der Waals surface area contributed by atoms with Gasteiger partial charge in [-0.25, -0.2) is 0 Å². The van der Waals surface area contributed by atoms with Gasteiger partial charge in [-0.3, -0.25) is 9.88 Å². The number of aromatic nitrogens is 2. The van der Waals surface area contributed by atoms with E-state index in [1.54, 1.807) is 0 Å². The molecule has 3 N–H and O–H groups in total. The van der Waals surface area contributed by atoms with Crippen LogP contribution in [0.25, 0.3) is 10.9 Å². The summed E-state index contributed by atoms with van der Waals surface area (Å²) in [6.45, 7) is 1.22. The molecule has 0 spiro atoms. The Morgan fingerprint density at radius 2 is 2.09 bits per heavy atom. The molecule has 1 fully saturated rings. The van der Waals surface area contributed by atoms with E-state index in [-0.39, 0.29) is 0 Å². The molecule has 1 atom stereocenters. The summed E-state index contributed by atoms with van der Waals surface area (Å²) in [5, 5.41) is 1.17. The van der Waals surface area contributed by atoms with Crippen molar-refractivity contribution in [1.29, 1.82) is 0 Å². The summed E-state index contributed by atoms with van der Waals surface area (Å²) in [6, 6.07) is 14.7. The first-order valence-electron chi connectivity index (χ1n) is 7.67. The third-order valence-corrected chi connectivity index (χ3v) is 4.14. The normalized spacial score (nSPS) is 18.1. The molecule has 1 aliphatic heterocycles. The summed E-state index contributed by atoms with van der Waals surface area (Å²) in [5.74, 6) is 0.723. The fraction of sp³-hybridized carbons (Fsp3) is 0.278. The number of pyridine rings is 1. The molecule has 0 saturated carbocycles. The second-order valence-corrected chi connectivity index (χ2v) is 5.74. The molecule has 1 aliphatic rings. The summed E-state index contributed by atoms with van der Waals surface area (Å²) in [5.41, 5.74) is 7.99. The van der Waals surface area contributed by atoms with E-state index in [4.69, 9.17) is 5.73 Å². The van der Waals surface area contributed by atoms with Crippen molar-refractivity contribution in [3.05, 3.63) is 60.4 Å². The first-order valence-corrected chi connectivity index (χ1v) is 7.67. The number of benzene rings is 1. The van der Waals surface area contributed by atoms with Crippen LogP contribution >= 0.6 is 0 Å². The lowest BCUT2D eigenvalue weighted by Crippen LogP contribution is -2.17. The van der Waals surface area contributed by atoms with Crippen LogP contribution in [0.3, 0.4) is 0 Å². The number of hydrogen-bond donors (Lipinski definition) is 2. The average Bonchev–Trinajstić information content (AvgIpc) is 3.13. The van der Waals surface area contributed by atoms with Crippen LogP contribution in [0.4, 0.5) is 5.82 Å². The summed E-state index contributed by atoms with van der Waals surface area (Å²) in [7, 11) is 2.19. The van der Waals surface area contributed by atoms with Crippen molar-refractivity contribution in [2.24, 2.45) is 0 Å². The second kappa shape index (κ2) is 6.62. The summed E-state index contributed by atoms with van der Waals surface area (Å²) < 4.78 is 0. The fourth-order valence-electron chi connectivity index (χ4n) is 3.00. The highest BCUT2D eigenvalue weighted by atomic mass is 15.1. The highest BCUT2D eigenvalue weighted by Crippen LogP contribution is 2.29. The SMILES string of the molecule is CN1CCCC1c1cccnc1.Nc1cc2ccccc2[nH]1. The van der Waals surface area contributed by atoms with Gasteiger partial charge in [0.05, 0.1) is 0 Å². The lowest BCUT2D eigenvalue weighted by Gasteiger charge is -2.18. The average molecular weight is 294 g/mol. The maximum atomic E-state index is 5.54. The van der Waals surface area contributed by atoms with E-state index < -0.39 is 0 Å². The molecule has 4 rings (SSSR count).